The highest BCUT2D eigenvalue weighted by atomic mass is 16.6. The van der Waals surface area contributed by atoms with Crippen LogP contribution in [0.1, 0.15) is 342 Å². The number of hydrogen-bond donors (Lipinski definition) is 0. The molecule has 0 saturated carbocycles. The van der Waals surface area contributed by atoms with Crippen LogP contribution in [0.25, 0.3) is 0 Å². The van der Waals surface area contributed by atoms with Crippen molar-refractivity contribution in [1.82, 2.24) is 0 Å². The van der Waals surface area contributed by atoms with Crippen LogP contribution < -0.4 is 0 Å². The van der Waals surface area contributed by atoms with Gasteiger partial charge in [-0.05, 0) is 96.3 Å². The third-order valence-electron chi connectivity index (χ3n) is 14.9. The lowest BCUT2D eigenvalue weighted by Gasteiger charge is -2.18. The molecule has 0 aliphatic rings. The summed E-state index contributed by atoms with van der Waals surface area (Å²) in [5.41, 5.74) is 0. The molecule has 79 heavy (non-hydrogen) atoms. The second-order valence-corrected chi connectivity index (χ2v) is 22.7. The van der Waals surface area contributed by atoms with Gasteiger partial charge < -0.3 is 14.2 Å². The van der Waals surface area contributed by atoms with Crippen LogP contribution in [-0.4, -0.2) is 37.2 Å². The Morgan fingerprint density at radius 2 is 0.494 bits per heavy atom. The molecule has 0 aliphatic heterocycles. The number of ether oxygens (including phenoxy) is 3. The van der Waals surface area contributed by atoms with Crippen molar-refractivity contribution in [3.63, 3.8) is 0 Å². The van der Waals surface area contributed by atoms with Crippen LogP contribution in [-0.2, 0) is 28.6 Å². The summed E-state index contributed by atoms with van der Waals surface area (Å²) >= 11 is 0. The first kappa shape index (κ1) is 75.6. The molecule has 0 radical (unpaired) electrons. The lowest BCUT2D eigenvalue weighted by atomic mass is 10.0. The average Bonchev–Trinajstić information content (AvgIpc) is 3.45. The van der Waals surface area contributed by atoms with E-state index in [1.807, 2.05) is 0 Å². The van der Waals surface area contributed by atoms with Crippen molar-refractivity contribution < 1.29 is 28.6 Å². The SMILES string of the molecule is CC/C=C\C/C=C\C/C=C\C/C=C\C/C=C\C/C=C\CCCCCCCCCCCCCCCCC(=O)OCC(COC(=O)CCCCCCCCCCCCCCCC)OC(=O)CCCCCCC/C=C\CCCCCCC. The van der Waals surface area contributed by atoms with Crippen molar-refractivity contribution in [2.75, 3.05) is 13.2 Å². The van der Waals surface area contributed by atoms with E-state index in [4.69, 9.17) is 14.2 Å². The molecule has 456 valence electrons. The van der Waals surface area contributed by atoms with Gasteiger partial charge in [-0.3, -0.25) is 14.4 Å². The zero-order valence-electron chi connectivity index (χ0n) is 52.4. The minimum atomic E-state index is -0.778. The van der Waals surface area contributed by atoms with Crippen molar-refractivity contribution in [2.24, 2.45) is 0 Å². The highest BCUT2D eigenvalue weighted by Gasteiger charge is 2.19. The van der Waals surface area contributed by atoms with Gasteiger partial charge in [0, 0.05) is 19.3 Å². The Morgan fingerprint density at radius 1 is 0.266 bits per heavy atom. The summed E-state index contributed by atoms with van der Waals surface area (Å²) in [5.74, 6) is -0.866. The summed E-state index contributed by atoms with van der Waals surface area (Å²) < 4.78 is 16.9. The van der Waals surface area contributed by atoms with E-state index in [0.717, 1.165) is 103 Å². The number of carbonyl (C=O) groups excluding carboxylic acids is 3. The van der Waals surface area contributed by atoms with Gasteiger partial charge in [-0.2, -0.15) is 0 Å². The zero-order valence-corrected chi connectivity index (χ0v) is 52.4. The Morgan fingerprint density at radius 3 is 0.785 bits per heavy atom. The molecule has 6 nitrogen and oxygen atoms in total. The second kappa shape index (κ2) is 67.1. The maximum Gasteiger partial charge on any atom is 0.306 e. The van der Waals surface area contributed by atoms with Gasteiger partial charge in [-0.15, -0.1) is 0 Å². The summed E-state index contributed by atoms with van der Waals surface area (Å²) in [6.45, 7) is 6.55. The van der Waals surface area contributed by atoms with Gasteiger partial charge in [0.1, 0.15) is 13.2 Å². The third-order valence-corrected chi connectivity index (χ3v) is 14.9. The average molecular weight is 1100 g/mol. The van der Waals surface area contributed by atoms with Gasteiger partial charge in [0.05, 0.1) is 0 Å². The van der Waals surface area contributed by atoms with Crippen molar-refractivity contribution in [3.05, 3.63) is 85.1 Å². The predicted octanol–water partition coefficient (Wildman–Crippen LogP) is 23.4. The van der Waals surface area contributed by atoms with E-state index in [2.05, 4.69) is 106 Å². The van der Waals surface area contributed by atoms with E-state index in [1.54, 1.807) is 0 Å². The monoisotopic (exact) mass is 1100 g/mol. The summed E-state index contributed by atoms with van der Waals surface area (Å²) in [5, 5.41) is 0. The number of rotatable bonds is 62. The third kappa shape index (κ3) is 65.3. The van der Waals surface area contributed by atoms with Crippen LogP contribution in [0.3, 0.4) is 0 Å². The number of esters is 3. The van der Waals surface area contributed by atoms with Crippen molar-refractivity contribution in [2.45, 2.75) is 348 Å². The number of unbranched alkanes of at least 4 members (excludes halogenated alkanes) is 37. The number of carbonyl (C=O) groups is 3. The van der Waals surface area contributed by atoms with E-state index in [9.17, 15) is 14.4 Å². The van der Waals surface area contributed by atoms with Gasteiger partial charge in [0.25, 0.3) is 0 Å². The summed E-state index contributed by atoms with van der Waals surface area (Å²) in [6, 6.07) is 0. The first-order valence-corrected chi connectivity index (χ1v) is 34.1. The predicted molar refractivity (Wildman–Crippen MR) is 344 cm³/mol. The molecule has 0 aromatic carbocycles. The first-order valence-electron chi connectivity index (χ1n) is 34.1. The fourth-order valence-electron chi connectivity index (χ4n) is 9.80. The van der Waals surface area contributed by atoms with Crippen LogP contribution in [0.2, 0.25) is 0 Å². The first-order chi connectivity index (χ1) is 39.0. The van der Waals surface area contributed by atoms with E-state index >= 15 is 0 Å². The highest BCUT2D eigenvalue weighted by Crippen LogP contribution is 2.17. The fourth-order valence-corrected chi connectivity index (χ4v) is 9.80. The Labute approximate surface area is 490 Å². The van der Waals surface area contributed by atoms with Crippen molar-refractivity contribution in [1.29, 1.82) is 0 Å². The molecule has 0 aromatic rings. The van der Waals surface area contributed by atoms with Gasteiger partial charge in [0.15, 0.2) is 6.10 Å². The van der Waals surface area contributed by atoms with Gasteiger partial charge in [-0.1, -0.05) is 311 Å². The standard InChI is InChI=1S/C73H128O6/c1-4-7-10-13-16-19-22-25-28-29-30-31-32-33-34-35-36-37-38-39-40-41-42-43-44-45-46-49-51-54-57-60-63-66-72(75)78-69-70(79-73(76)67-64-61-58-55-52-48-27-24-21-18-15-12-9-6-3)68-77-71(74)65-62-59-56-53-50-47-26-23-20-17-14-11-8-5-2/h7,10,16,19,24-25,27-28,30-31,33-34,36-37,70H,4-6,8-9,11-15,17-18,20-23,26,29,32,35,38-69H2,1-3H3/b10-7-,19-16-,27-24-,28-25-,31-30-,34-33-,37-36-. The normalized spacial score (nSPS) is 12.6. The van der Waals surface area contributed by atoms with Crippen LogP contribution >= 0.6 is 0 Å². The smallest absolute Gasteiger partial charge is 0.306 e. The lowest BCUT2D eigenvalue weighted by Crippen LogP contribution is -2.30. The van der Waals surface area contributed by atoms with E-state index in [-0.39, 0.29) is 31.1 Å². The molecule has 0 fully saturated rings. The molecule has 6 heteroatoms. The molecule has 0 bridgehead atoms. The molecule has 0 aliphatic carbocycles. The van der Waals surface area contributed by atoms with Crippen molar-refractivity contribution >= 4 is 17.9 Å². The Balaban J connectivity index is 4.17. The minimum Gasteiger partial charge on any atom is -0.462 e. The lowest BCUT2D eigenvalue weighted by molar-refractivity contribution is -0.167. The second-order valence-electron chi connectivity index (χ2n) is 22.7. The molecular weight excluding hydrogens is 973 g/mol. The zero-order chi connectivity index (χ0) is 57.1. The molecule has 0 saturated heterocycles. The summed E-state index contributed by atoms with van der Waals surface area (Å²) in [4.78, 5) is 38.3. The molecular formula is C73H128O6. The fraction of sp³-hybridized carbons (Fsp3) is 0.767. The Hall–Kier alpha value is -3.41. The van der Waals surface area contributed by atoms with E-state index in [0.29, 0.717) is 19.3 Å². The maximum atomic E-state index is 12.9. The van der Waals surface area contributed by atoms with Crippen molar-refractivity contribution in [3.8, 4) is 0 Å². The highest BCUT2D eigenvalue weighted by molar-refractivity contribution is 5.71. The molecule has 0 rings (SSSR count). The minimum absolute atomic E-state index is 0.0744. The molecule has 1 atom stereocenters. The molecule has 0 aromatic heterocycles. The molecule has 0 spiro atoms. The van der Waals surface area contributed by atoms with Gasteiger partial charge in [0.2, 0.25) is 0 Å². The van der Waals surface area contributed by atoms with Gasteiger partial charge in [-0.25, -0.2) is 0 Å². The number of allylic oxidation sites excluding steroid dienone is 14. The van der Waals surface area contributed by atoms with E-state index in [1.165, 1.54) is 199 Å². The Bertz CT molecular complexity index is 1500. The van der Waals surface area contributed by atoms with Crippen LogP contribution in [0.4, 0.5) is 0 Å². The summed E-state index contributed by atoms with van der Waals surface area (Å²) in [7, 11) is 0. The molecule has 0 N–H and O–H groups in total. The van der Waals surface area contributed by atoms with E-state index < -0.39 is 6.10 Å². The molecule has 1 unspecified atom stereocenters. The maximum absolute atomic E-state index is 12.9. The van der Waals surface area contributed by atoms with Crippen LogP contribution in [0, 0.1) is 0 Å². The summed E-state index contributed by atoms with van der Waals surface area (Å²) in [6.07, 6.45) is 88.9. The molecule has 0 amide bonds. The van der Waals surface area contributed by atoms with Crippen LogP contribution in [0.5, 0.6) is 0 Å². The largest absolute Gasteiger partial charge is 0.462 e. The molecule has 0 heterocycles. The Kier molecular flexibility index (Phi) is 64.2. The number of hydrogen-bond acceptors (Lipinski definition) is 6. The topological polar surface area (TPSA) is 78.9 Å². The van der Waals surface area contributed by atoms with Crippen LogP contribution in [0.15, 0.2) is 85.1 Å². The quantitative estimate of drug-likeness (QED) is 0.0261. The van der Waals surface area contributed by atoms with Gasteiger partial charge >= 0.3 is 17.9 Å².